The lowest BCUT2D eigenvalue weighted by atomic mass is 10.1. The predicted molar refractivity (Wildman–Crippen MR) is 51.8 cm³/mol. The Morgan fingerprint density at radius 2 is 2.31 bits per heavy atom. The molecule has 0 atom stereocenters. The molecule has 0 aromatic carbocycles. The van der Waals surface area contributed by atoms with Crippen LogP contribution in [0.25, 0.3) is 0 Å². The summed E-state index contributed by atoms with van der Waals surface area (Å²) in [7, 11) is 0. The molecule has 0 aliphatic heterocycles. The van der Waals surface area contributed by atoms with Crippen LogP contribution in [0.2, 0.25) is 0 Å². The van der Waals surface area contributed by atoms with Crippen molar-refractivity contribution in [2.45, 2.75) is 19.8 Å². The van der Waals surface area contributed by atoms with Gasteiger partial charge in [-0.25, -0.2) is 0 Å². The highest BCUT2D eigenvalue weighted by Gasteiger charge is 2.50. The fourth-order valence-corrected chi connectivity index (χ4v) is 1.43. The molecule has 0 bridgehead atoms. The van der Waals surface area contributed by atoms with Gasteiger partial charge in [0.25, 0.3) is 0 Å². The monoisotopic (exact) mass is 180 g/mol. The molecular weight excluding hydrogens is 164 g/mol. The summed E-state index contributed by atoms with van der Waals surface area (Å²) in [5.41, 5.74) is 5.30. The third kappa shape index (κ3) is 1.84. The van der Waals surface area contributed by atoms with Gasteiger partial charge in [0.05, 0.1) is 12.0 Å². The van der Waals surface area contributed by atoms with Crippen molar-refractivity contribution >= 4 is 5.91 Å². The summed E-state index contributed by atoms with van der Waals surface area (Å²) in [5, 5.41) is 0. The quantitative estimate of drug-likeness (QED) is 0.628. The topological polar surface area (TPSA) is 46.3 Å². The van der Waals surface area contributed by atoms with Crippen LogP contribution in [-0.2, 0) is 4.79 Å². The Bertz CT molecular complexity index is 238. The summed E-state index contributed by atoms with van der Waals surface area (Å²) in [4.78, 5) is 13.5. The maximum atomic E-state index is 11.8. The van der Waals surface area contributed by atoms with Crippen molar-refractivity contribution in [1.82, 2.24) is 4.90 Å². The molecule has 0 spiro atoms. The number of hydrogen-bond acceptors (Lipinski definition) is 2. The second-order valence-electron chi connectivity index (χ2n) is 3.51. The van der Waals surface area contributed by atoms with Crippen LogP contribution in [0.15, 0.2) is 0 Å². The summed E-state index contributed by atoms with van der Waals surface area (Å²) in [6, 6.07) is 0. The minimum atomic E-state index is -0.257. The molecule has 3 nitrogen and oxygen atoms in total. The van der Waals surface area contributed by atoms with Gasteiger partial charge in [-0.2, -0.15) is 0 Å². The standard InChI is InChI=1S/C10H16N2O/c1-3-7-12(4-2)9(13)10(8-11)5-6-10/h1H,4-8,11H2,2H3. The van der Waals surface area contributed by atoms with Crippen LogP contribution in [0, 0.1) is 17.8 Å². The van der Waals surface area contributed by atoms with Crippen LogP contribution in [-0.4, -0.2) is 30.4 Å². The number of nitrogens with two attached hydrogens (primary N) is 1. The van der Waals surface area contributed by atoms with E-state index in [-0.39, 0.29) is 11.3 Å². The normalized spacial score (nSPS) is 17.6. The molecule has 1 fully saturated rings. The van der Waals surface area contributed by atoms with Crippen LogP contribution >= 0.6 is 0 Å². The first-order valence-corrected chi connectivity index (χ1v) is 4.63. The van der Waals surface area contributed by atoms with E-state index in [0.717, 1.165) is 12.8 Å². The minimum Gasteiger partial charge on any atom is -0.331 e. The van der Waals surface area contributed by atoms with Crippen LogP contribution in [0.1, 0.15) is 19.8 Å². The van der Waals surface area contributed by atoms with Crippen molar-refractivity contribution in [2.24, 2.45) is 11.1 Å². The molecule has 13 heavy (non-hydrogen) atoms. The molecule has 0 saturated heterocycles. The second kappa shape index (κ2) is 3.80. The van der Waals surface area contributed by atoms with Crippen molar-refractivity contribution < 1.29 is 4.79 Å². The SMILES string of the molecule is C#CCN(CC)C(=O)C1(CN)CC1. The van der Waals surface area contributed by atoms with E-state index < -0.39 is 0 Å². The highest BCUT2D eigenvalue weighted by atomic mass is 16.2. The van der Waals surface area contributed by atoms with E-state index in [0.29, 0.717) is 19.6 Å². The van der Waals surface area contributed by atoms with Crippen molar-refractivity contribution in [3.05, 3.63) is 0 Å². The Morgan fingerprint density at radius 1 is 1.69 bits per heavy atom. The number of carbonyl (C=O) groups excluding carboxylic acids is 1. The largest absolute Gasteiger partial charge is 0.331 e. The average Bonchev–Trinajstić information content (AvgIpc) is 2.93. The van der Waals surface area contributed by atoms with Crippen LogP contribution < -0.4 is 5.73 Å². The first-order chi connectivity index (χ1) is 6.20. The predicted octanol–water partition coefficient (Wildman–Crippen LogP) is 0.207. The Labute approximate surface area is 79.3 Å². The molecule has 1 aliphatic rings. The first kappa shape index (κ1) is 10.1. The van der Waals surface area contributed by atoms with Crippen molar-refractivity contribution in [2.75, 3.05) is 19.6 Å². The average molecular weight is 180 g/mol. The van der Waals surface area contributed by atoms with Crippen LogP contribution in [0.5, 0.6) is 0 Å². The van der Waals surface area contributed by atoms with Gasteiger partial charge in [-0.1, -0.05) is 5.92 Å². The van der Waals surface area contributed by atoms with Gasteiger partial charge in [0, 0.05) is 13.1 Å². The maximum Gasteiger partial charge on any atom is 0.230 e. The van der Waals surface area contributed by atoms with Crippen molar-refractivity contribution in [3.8, 4) is 12.3 Å². The Morgan fingerprint density at radius 3 is 2.62 bits per heavy atom. The number of amides is 1. The fourth-order valence-electron chi connectivity index (χ4n) is 1.43. The van der Waals surface area contributed by atoms with E-state index in [9.17, 15) is 4.79 Å². The molecule has 2 N–H and O–H groups in total. The number of nitrogens with zero attached hydrogens (tertiary/aromatic N) is 1. The highest BCUT2D eigenvalue weighted by Crippen LogP contribution is 2.45. The molecule has 0 radical (unpaired) electrons. The lowest BCUT2D eigenvalue weighted by Crippen LogP contribution is -2.40. The van der Waals surface area contributed by atoms with E-state index >= 15 is 0 Å². The molecule has 1 rings (SSSR count). The van der Waals surface area contributed by atoms with Gasteiger partial charge in [-0.3, -0.25) is 4.79 Å². The first-order valence-electron chi connectivity index (χ1n) is 4.63. The van der Waals surface area contributed by atoms with E-state index in [4.69, 9.17) is 12.2 Å². The van der Waals surface area contributed by atoms with Gasteiger partial charge >= 0.3 is 0 Å². The molecule has 0 aromatic rings. The summed E-state index contributed by atoms with van der Waals surface area (Å²) >= 11 is 0. The molecule has 0 aromatic heterocycles. The van der Waals surface area contributed by atoms with Crippen molar-refractivity contribution in [1.29, 1.82) is 0 Å². The number of carbonyl (C=O) groups is 1. The van der Waals surface area contributed by atoms with Gasteiger partial charge in [0.15, 0.2) is 0 Å². The van der Waals surface area contributed by atoms with Crippen molar-refractivity contribution in [3.63, 3.8) is 0 Å². The minimum absolute atomic E-state index is 0.135. The van der Waals surface area contributed by atoms with E-state index in [1.165, 1.54) is 0 Å². The lowest BCUT2D eigenvalue weighted by Gasteiger charge is -2.23. The highest BCUT2D eigenvalue weighted by molar-refractivity contribution is 5.85. The Balaban J connectivity index is 2.60. The maximum absolute atomic E-state index is 11.8. The van der Waals surface area contributed by atoms with Gasteiger partial charge < -0.3 is 10.6 Å². The molecule has 1 saturated carbocycles. The van der Waals surface area contributed by atoms with Gasteiger partial charge in [0.1, 0.15) is 0 Å². The third-order valence-corrected chi connectivity index (χ3v) is 2.65. The summed E-state index contributed by atoms with van der Waals surface area (Å²) < 4.78 is 0. The smallest absolute Gasteiger partial charge is 0.230 e. The van der Waals surface area contributed by atoms with E-state index in [1.807, 2.05) is 6.92 Å². The summed E-state index contributed by atoms with van der Waals surface area (Å²) in [5.74, 6) is 2.62. The number of terminal acetylenes is 1. The lowest BCUT2D eigenvalue weighted by molar-refractivity contribution is -0.135. The molecular formula is C10H16N2O. The van der Waals surface area contributed by atoms with E-state index in [1.54, 1.807) is 4.90 Å². The third-order valence-electron chi connectivity index (χ3n) is 2.65. The Hall–Kier alpha value is -1.01. The van der Waals surface area contributed by atoms with Gasteiger partial charge in [-0.15, -0.1) is 6.42 Å². The zero-order valence-corrected chi connectivity index (χ0v) is 8.05. The molecule has 0 heterocycles. The number of rotatable bonds is 4. The van der Waals surface area contributed by atoms with Crippen LogP contribution in [0.4, 0.5) is 0 Å². The molecule has 3 heteroatoms. The molecule has 1 amide bonds. The van der Waals surface area contributed by atoms with Gasteiger partial charge in [0.2, 0.25) is 5.91 Å². The zero-order chi connectivity index (χ0) is 9.90. The van der Waals surface area contributed by atoms with Crippen LogP contribution in [0.3, 0.4) is 0 Å². The zero-order valence-electron chi connectivity index (χ0n) is 8.05. The second-order valence-corrected chi connectivity index (χ2v) is 3.51. The molecule has 1 aliphatic carbocycles. The van der Waals surface area contributed by atoms with Gasteiger partial charge in [-0.05, 0) is 19.8 Å². The number of hydrogen-bond donors (Lipinski definition) is 1. The molecule has 72 valence electrons. The molecule has 0 unspecified atom stereocenters. The summed E-state index contributed by atoms with van der Waals surface area (Å²) in [6.45, 7) is 3.45. The fraction of sp³-hybridized carbons (Fsp3) is 0.700. The summed E-state index contributed by atoms with van der Waals surface area (Å²) in [6.07, 6.45) is 7.01. The Kier molecular flexibility index (Phi) is 2.94. The van der Waals surface area contributed by atoms with E-state index in [2.05, 4.69) is 5.92 Å².